The lowest BCUT2D eigenvalue weighted by Crippen LogP contribution is -2.47. The van der Waals surface area contributed by atoms with Crippen molar-refractivity contribution in [2.75, 3.05) is 18.6 Å². The van der Waals surface area contributed by atoms with E-state index in [2.05, 4.69) is 10.6 Å². The number of carbonyl (C=O) groups is 1. The van der Waals surface area contributed by atoms with Gasteiger partial charge in [0.05, 0.1) is 12.6 Å². The molecular weight excluding hydrogens is 200 g/mol. The van der Waals surface area contributed by atoms with E-state index in [4.69, 9.17) is 5.11 Å². The molecule has 0 bridgehead atoms. The van der Waals surface area contributed by atoms with E-state index < -0.39 is 0 Å². The van der Waals surface area contributed by atoms with Crippen LogP contribution in [0.5, 0.6) is 0 Å². The molecule has 5 heteroatoms. The molecule has 0 rings (SSSR count). The van der Waals surface area contributed by atoms with Crippen LogP contribution in [0.25, 0.3) is 0 Å². The second kappa shape index (κ2) is 7.94. The third kappa shape index (κ3) is 6.10. The Hall–Kier alpha value is -0.420. The lowest BCUT2D eigenvalue weighted by molar-refractivity contribution is 0.218. The minimum atomic E-state index is -0.201. The van der Waals surface area contributed by atoms with E-state index in [1.54, 1.807) is 18.7 Å². The van der Waals surface area contributed by atoms with Gasteiger partial charge in [0.15, 0.2) is 0 Å². The number of nitrogens with one attached hydrogen (secondary N) is 2. The van der Waals surface area contributed by atoms with Gasteiger partial charge in [0.1, 0.15) is 0 Å². The zero-order valence-electron chi connectivity index (χ0n) is 9.04. The first kappa shape index (κ1) is 13.6. The smallest absolute Gasteiger partial charge is 0.315 e. The molecule has 3 N–H and O–H groups in total. The SMILES string of the molecule is CCC(CSC)NC(=O)NC(C)CO. The van der Waals surface area contributed by atoms with Crippen LogP contribution in [0.15, 0.2) is 0 Å². The summed E-state index contributed by atoms with van der Waals surface area (Å²) in [5.74, 6) is 0.914. The molecule has 84 valence electrons. The van der Waals surface area contributed by atoms with Crippen molar-refractivity contribution in [2.24, 2.45) is 0 Å². The highest BCUT2D eigenvalue weighted by atomic mass is 32.2. The number of hydrogen-bond acceptors (Lipinski definition) is 3. The van der Waals surface area contributed by atoms with Gasteiger partial charge in [-0.25, -0.2) is 4.79 Å². The van der Waals surface area contributed by atoms with Gasteiger partial charge in [-0.3, -0.25) is 0 Å². The highest BCUT2D eigenvalue weighted by molar-refractivity contribution is 7.98. The molecule has 0 aliphatic carbocycles. The summed E-state index contributed by atoms with van der Waals surface area (Å²) in [6, 6.07) is -0.190. The Bertz CT molecular complexity index is 167. The Labute approximate surface area is 89.8 Å². The zero-order valence-corrected chi connectivity index (χ0v) is 9.86. The lowest BCUT2D eigenvalue weighted by Gasteiger charge is -2.18. The number of amides is 2. The van der Waals surface area contributed by atoms with Crippen LogP contribution in [0.1, 0.15) is 20.3 Å². The van der Waals surface area contributed by atoms with Crippen molar-refractivity contribution >= 4 is 17.8 Å². The molecule has 0 fully saturated rings. The summed E-state index contributed by atoms with van der Waals surface area (Å²) < 4.78 is 0. The van der Waals surface area contributed by atoms with Crippen LogP contribution >= 0.6 is 11.8 Å². The predicted octanol–water partition coefficient (Wildman–Crippen LogP) is 0.808. The standard InChI is InChI=1S/C9H20N2O2S/c1-4-8(6-14-3)11-9(13)10-7(2)5-12/h7-8,12H,4-6H2,1-3H3,(H2,10,11,13). The predicted molar refractivity (Wildman–Crippen MR) is 60.7 cm³/mol. The van der Waals surface area contributed by atoms with Crippen LogP contribution in [0.3, 0.4) is 0 Å². The van der Waals surface area contributed by atoms with Crippen LogP contribution in [0, 0.1) is 0 Å². The zero-order chi connectivity index (χ0) is 11.0. The van der Waals surface area contributed by atoms with Crippen molar-refractivity contribution < 1.29 is 9.90 Å². The van der Waals surface area contributed by atoms with Crippen molar-refractivity contribution in [3.63, 3.8) is 0 Å². The maximum atomic E-state index is 11.3. The highest BCUT2D eigenvalue weighted by Crippen LogP contribution is 2.00. The molecule has 0 aliphatic heterocycles. The van der Waals surface area contributed by atoms with Gasteiger partial charge < -0.3 is 15.7 Å². The van der Waals surface area contributed by atoms with Crippen molar-refractivity contribution in [2.45, 2.75) is 32.4 Å². The molecule has 0 spiro atoms. The van der Waals surface area contributed by atoms with Crippen molar-refractivity contribution in [1.29, 1.82) is 0 Å². The largest absolute Gasteiger partial charge is 0.394 e. The summed E-state index contributed by atoms with van der Waals surface area (Å²) in [5, 5.41) is 14.2. The molecule has 0 heterocycles. The van der Waals surface area contributed by atoms with Gasteiger partial charge in [0, 0.05) is 11.8 Å². The molecule has 2 unspecified atom stereocenters. The van der Waals surface area contributed by atoms with E-state index in [9.17, 15) is 4.79 Å². The number of urea groups is 1. The van der Waals surface area contributed by atoms with Crippen LogP contribution < -0.4 is 10.6 Å². The average Bonchev–Trinajstić information content (AvgIpc) is 2.16. The number of rotatable bonds is 6. The van der Waals surface area contributed by atoms with Gasteiger partial charge in [0.25, 0.3) is 0 Å². The van der Waals surface area contributed by atoms with E-state index in [0.717, 1.165) is 12.2 Å². The van der Waals surface area contributed by atoms with E-state index in [1.165, 1.54) is 0 Å². The molecule has 0 saturated heterocycles. The first-order chi connectivity index (χ1) is 6.63. The monoisotopic (exact) mass is 220 g/mol. The van der Waals surface area contributed by atoms with E-state index in [-0.39, 0.29) is 24.7 Å². The van der Waals surface area contributed by atoms with Gasteiger partial charge in [-0.1, -0.05) is 6.92 Å². The topological polar surface area (TPSA) is 61.4 Å². The Balaban J connectivity index is 3.78. The van der Waals surface area contributed by atoms with Crippen LogP contribution in [-0.2, 0) is 0 Å². The van der Waals surface area contributed by atoms with E-state index >= 15 is 0 Å². The Morgan fingerprint density at radius 1 is 1.50 bits per heavy atom. The summed E-state index contributed by atoms with van der Waals surface area (Å²) in [7, 11) is 0. The Kier molecular flexibility index (Phi) is 7.70. The molecule has 0 aromatic carbocycles. The number of carbonyl (C=O) groups excluding carboxylic acids is 1. The van der Waals surface area contributed by atoms with E-state index in [1.807, 2.05) is 13.2 Å². The third-order valence-corrected chi connectivity index (χ3v) is 2.58. The normalized spacial score (nSPS) is 14.6. The molecule has 2 amide bonds. The summed E-state index contributed by atoms with van der Waals surface area (Å²) in [6.07, 6.45) is 2.93. The van der Waals surface area contributed by atoms with Gasteiger partial charge in [0.2, 0.25) is 0 Å². The number of thioether (sulfide) groups is 1. The molecule has 14 heavy (non-hydrogen) atoms. The minimum Gasteiger partial charge on any atom is -0.394 e. The molecule has 0 radical (unpaired) electrons. The Morgan fingerprint density at radius 3 is 2.57 bits per heavy atom. The quantitative estimate of drug-likeness (QED) is 0.621. The maximum Gasteiger partial charge on any atom is 0.315 e. The molecule has 0 aliphatic rings. The molecule has 0 aromatic heterocycles. The van der Waals surface area contributed by atoms with Crippen molar-refractivity contribution in [1.82, 2.24) is 10.6 Å². The summed E-state index contributed by atoms with van der Waals surface area (Å²) in [5.41, 5.74) is 0. The highest BCUT2D eigenvalue weighted by Gasteiger charge is 2.10. The number of aliphatic hydroxyl groups is 1. The summed E-state index contributed by atoms with van der Waals surface area (Å²) in [6.45, 7) is 3.76. The summed E-state index contributed by atoms with van der Waals surface area (Å²) in [4.78, 5) is 11.3. The van der Waals surface area contributed by atoms with Crippen LogP contribution in [0.4, 0.5) is 4.79 Å². The average molecular weight is 220 g/mol. The van der Waals surface area contributed by atoms with Crippen LogP contribution in [0.2, 0.25) is 0 Å². The minimum absolute atomic E-state index is 0.0350. The number of aliphatic hydroxyl groups excluding tert-OH is 1. The lowest BCUT2D eigenvalue weighted by atomic mass is 10.2. The first-order valence-corrected chi connectivity index (χ1v) is 6.20. The fourth-order valence-electron chi connectivity index (χ4n) is 0.959. The Morgan fingerprint density at radius 2 is 2.14 bits per heavy atom. The second-order valence-corrected chi connectivity index (χ2v) is 4.17. The summed E-state index contributed by atoms with van der Waals surface area (Å²) >= 11 is 1.71. The molecule has 4 nitrogen and oxygen atoms in total. The molecule has 0 aromatic rings. The van der Waals surface area contributed by atoms with Gasteiger partial charge >= 0.3 is 6.03 Å². The fourth-order valence-corrected chi connectivity index (χ4v) is 1.68. The van der Waals surface area contributed by atoms with Crippen LogP contribution in [-0.4, -0.2) is 41.8 Å². The van der Waals surface area contributed by atoms with Crippen molar-refractivity contribution in [3.8, 4) is 0 Å². The molecule has 2 atom stereocenters. The fraction of sp³-hybridized carbons (Fsp3) is 0.889. The first-order valence-electron chi connectivity index (χ1n) is 4.80. The van der Waals surface area contributed by atoms with Gasteiger partial charge in [-0.05, 0) is 19.6 Å². The maximum absolute atomic E-state index is 11.3. The number of hydrogen-bond donors (Lipinski definition) is 3. The molecular formula is C9H20N2O2S. The third-order valence-electron chi connectivity index (χ3n) is 1.85. The second-order valence-electron chi connectivity index (χ2n) is 3.26. The molecule has 0 saturated carbocycles. The van der Waals surface area contributed by atoms with Gasteiger partial charge in [-0.2, -0.15) is 11.8 Å². The van der Waals surface area contributed by atoms with Gasteiger partial charge in [-0.15, -0.1) is 0 Å². The van der Waals surface area contributed by atoms with E-state index in [0.29, 0.717) is 0 Å². The van der Waals surface area contributed by atoms with Crippen molar-refractivity contribution in [3.05, 3.63) is 0 Å².